The van der Waals surface area contributed by atoms with Crippen molar-refractivity contribution >= 4 is 23.5 Å². The van der Waals surface area contributed by atoms with Gasteiger partial charge in [-0.25, -0.2) is 4.79 Å². The molecule has 0 spiro atoms. The van der Waals surface area contributed by atoms with E-state index in [-0.39, 0.29) is 24.5 Å². The van der Waals surface area contributed by atoms with Crippen LogP contribution in [0.1, 0.15) is 32.4 Å². The third-order valence-corrected chi connectivity index (χ3v) is 3.30. The summed E-state index contributed by atoms with van der Waals surface area (Å²) in [4.78, 5) is 46.4. The minimum Gasteiger partial charge on any atom is -0.465 e. The Morgan fingerprint density at radius 2 is 1.84 bits per heavy atom. The molecular weight excluding hydrogens is 332 g/mol. The lowest BCUT2D eigenvalue weighted by atomic mass is 9.89. The van der Waals surface area contributed by atoms with Crippen LogP contribution in [0.4, 0.5) is 10.5 Å². The molecule has 1 aromatic carbocycles. The quantitative estimate of drug-likeness (QED) is 0.329. The molecular formula is C16H20N2O7. The average Bonchev–Trinajstić information content (AvgIpc) is 2.54. The molecule has 9 heteroatoms. The number of rotatable bonds is 8. The summed E-state index contributed by atoms with van der Waals surface area (Å²) in [6.45, 7) is 4.48. The van der Waals surface area contributed by atoms with E-state index < -0.39 is 34.7 Å². The van der Waals surface area contributed by atoms with Gasteiger partial charge in [0.25, 0.3) is 5.69 Å². The van der Waals surface area contributed by atoms with Gasteiger partial charge in [0.2, 0.25) is 0 Å². The highest BCUT2D eigenvalue weighted by Crippen LogP contribution is 2.27. The first kappa shape index (κ1) is 20.1. The van der Waals surface area contributed by atoms with Crippen molar-refractivity contribution in [3.05, 3.63) is 39.9 Å². The fourth-order valence-electron chi connectivity index (χ4n) is 2.26. The van der Waals surface area contributed by atoms with Crippen LogP contribution in [0.25, 0.3) is 0 Å². The maximum atomic E-state index is 12.2. The van der Waals surface area contributed by atoms with Crippen LogP contribution in [0.2, 0.25) is 0 Å². The molecule has 1 rings (SSSR count). The van der Waals surface area contributed by atoms with Gasteiger partial charge in [0, 0.05) is 12.1 Å². The van der Waals surface area contributed by atoms with E-state index in [0.717, 1.165) is 0 Å². The number of carbonyl (C=O) groups is 3. The van der Waals surface area contributed by atoms with E-state index in [0.29, 0.717) is 0 Å². The number of ketones is 1. The number of esters is 1. The first-order chi connectivity index (χ1) is 11.8. The first-order valence-electron chi connectivity index (χ1n) is 7.66. The lowest BCUT2D eigenvalue weighted by molar-refractivity contribution is -0.384. The van der Waals surface area contributed by atoms with Gasteiger partial charge < -0.3 is 14.8 Å². The van der Waals surface area contributed by atoms with Crippen LogP contribution >= 0.6 is 0 Å². The van der Waals surface area contributed by atoms with Crippen LogP contribution in [0.15, 0.2) is 24.3 Å². The largest absolute Gasteiger partial charge is 0.465 e. The number of amides is 1. The van der Waals surface area contributed by atoms with Crippen LogP contribution in [0, 0.1) is 16.0 Å². The molecule has 1 aromatic rings. The van der Waals surface area contributed by atoms with Crippen molar-refractivity contribution in [2.45, 2.75) is 26.8 Å². The second kappa shape index (κ2) is 9.36. The summed E-state index contributed by atoms with van der Waals surface area (Å²) in [5.74, 6) is -2.73. The number of benzene rings is 1. The molecule has 0 aliphatic carbocycles. The third-order valence-electron chi connectivity index (χ3n) is 3.30. The Labute approximate surface area is 144 Å². The fraction of sp³-hybridized carbons (Fsp3) is 0.438. The molecule has 0 saturated carbocycles. The Balaban J connectivity index is 3.33. The summed E-state index contributed by atoms with van der Waals surface area (Å²) < 4.78 is 9.70. The summed E-state index contributed by atoms with van der Waals surface area (Å²) in [5, 5.41) is 13.4. The van der Waals surface area contributed by atoms with Gasteiger partial charge >= 0.3 is 12.1 Å². The molecule has 2 unspecified atom stereocenters. The van der Waals surface area contributed by atoms with E-state index in [1.807, 2.05) is 0 Å². The van der Waals surface area contributed by atoms with E-state index in [4.69, 9.17) is 9.47 Å². The van der Waals surface area contributed by atoms with E-state index in [9.17, 15) is 24.5 Å². The molecule has 0 aliphatic rings. The van der Waals surface area contributed by atoms with Crippen molar-refractivity contribution in [1.29, 1.82) is 0 Å². The van der Waals surface area contributed by atoms with Gasteiger partial charge in [-0.3, -0.25) is 19.7 Å². The molecule has 0 fully saturated rings. The number of carbonyl (C=O) groups excluding carboxylic acids is 3. The Kier molecular flexibility index (Phi) is 7.51. The van der Waals surface area contributed by atoms with Crippen LogP contribution in [-0.4, -0.2) is 36.0 Å². The fourth-order valence-corrected chi connectivity index (χ4v) is 2.26. The second-order valence-electron chi connectivity index (χ2n) is 5.03. The van der Waals surface area contributed by atoms with Crippen LogP contribution in [0.3, 0.4) is 0 Å². The van der Waals surface area contributed by atoms with E-state index >= 15 is 0 Å². The number of nitrogens with one attached hydrogen (secondary N) is 1. The third kappa shape index (κ3) is 5.55. The van der Waals surface area contributed by atoms with Gasteiger partial charge in [-0.05, 0) is 26.3 Å². The number of alkyl carbamates (subject to hydrolysis) is 1. The van der Waals surface area contributed by atoms with Gasteiger partial charge in [0.05, 0.1) is 24.2 Å². The number of hydrogen-bond acceptors (Lipinski definition) is 7. The molecule has 0 bridgehead atoms. The van der Waals surface area contributed by atoms with Crippen LogP contribution in [-0.2, 0) is 19.1 Å². The summed E-state index contributed by atoms with van der Waals surface area (Å²) >= 11 is 0. The zero-order chi connectivity index (χ0) is 19.0. The maximum absolute atomic E-state index is 12.2. The predicted molar refractivity (Wildman–Crippen MR) is 86.8 cm³/mol. The van der Waals surface area contributed by atoms with E-state index in [1.165, 1.54) is 31.2 Å². The molecule has 1 amide bonds. The predicted octanol–water partition coefficient (Wildman–Crippen LogP) is 2.15. The highest BCUT2D eigenvalue weighted by molar-refractivity contribution is 5.99. The molecule has 1 N–H and O–H groups in total. The first-order valence-corrected chi connectivity index (χ1v) is 7.66. The molecule has 136 valence electrons. The summed E-state index contributed by atoms with van der Waals surface area (Å²) in [6, 6.07) is 4.16. The average molecular weight is 352 g/mol. The zero-order valence-corrected chi connectivity index (χ0v) is 14.2. The molecule has 0 saturated heterocycles. The molecule has 2 atom stereocenters. The van der Waals surface area contributed by atoms with E-state index in [2.05, 4.69) is 5.32 Å². The monoisotopic (exact) mass is 352 g/mol. The normalized spacial score (nSPS) is 12.6. The Morgan fingerprint density at radius 1 is 1.20 bits per heavy atom. The summed E-state index contributed by atoms with van der Waals surface area (Å²) in [7, 11) is 0. The Bertz CT molecular complexity index is 660. The van der Waals surface area contributed by atoms with Gasteiger partial charge in [0.15, 0.2) is 0 Å². The highest BCUT2D eigenvalue weighted by Gasteiger charge is 2.36. The number of nitrogens with zero attached hydrogens (tertiary/aromatic N) is 1. The number of nitro benzene ring substituents is 1. The molecule has 0 heterocycles. The number of Topliss-reactive ketones (excluding diaryl/α,β-unsaturated/α-hetero) is 1. The number of nitro groups is 1. The second-order valence-corrected chi connectivity index (χ2v) is 5.03. The minimum atomic E-state index is -1.36. The Hall–Kier alpha value is -2.97. The number of non-ortho nitro benzene ring substituents is 1. The van der Waals surface area contributed by atoms with Crippen LogP contribution in [0.5, 0.6) is 0 Å². The van der Waals surface area contributed by atoms with Gasteiger partial charge in [-0.2, -0.15) is 0 Å². The van der Waals surface area contributed by atoms with E-state index in [1.54, 1.807) is 13.8 Å². The molecule has 25 heavy (non-hydrogen) atoms. The van der Waals surface area contributed by atoms with Crippen molar-refractivity contribution in [3.8, 4) is 0 Å². The van der Waals surface area contributed by atoms with Crippen molar-refractivity contribution in [3.63, 3.8) is 0 Å². The summed E-state index contributed by atoms with van der Waals surface area (Å²) in [6.07, 6.45) is -0.852. The standard InChI is InChI=1S/C16H20N2O7/c1-4-24-15(20)13(10(3)19)14(17-16(21)25-5-2)11-7-6-8-12(9-11)18(22)23/h6-9,13-14H,4-5H2,1-3H3,(H,17,21). The number of ether oxygens (including phenoxy) is 2. The number of hydrogen-bond donors (Lipinski definition) is 1. The molecule has 0 aliphatic heterocycles. The van der Waals surface area contributed by atoms with Gasteiger partial charge in [-0.15, -0.1) is 0 Å². The Morgan fingerprint density at radius 3 is 2.36 bits per heavy atom. The lowest BCUT2D eigenvalue weighted by Crippen LogP contribution is -2.41. The minimum absolute atomic E-state index is 0.0453. The van der Waals surface area contributed by atoms with Crippen molar-refractivity contribution < 1.29 is 28.8 Å². The van der Waals surface area contributed by atoms with Crippen LogP contribution < -0.4 is 5.32 Å². The van der Waals surface area contributed by atoms with Gasteiger partial charge in [-0.1, -0.05) is 12.1 Å². The SMILES string of the molecule is CCOC(=O)NC(c1cccc([N+](=O)[O-])c1)C(C(C)=O)C(=O)OCC. The maximum Gasteiger partial charge on any atom is 0.407 e. The molecule has 0 aromatic heterocycles. The molecule has 9 nitrogen and oxygen atoms in total. The zero-order valence-electron chi connectivity index (χ0n) is 14.2. The van der Waals surface area contributed by atoms with Gasteiger partial charge in [0.1, 0.15) is 11.7 Å². The molecule has 0 radical (unpaired) electrons. The highest BCUT2D eigenvalue weighted by atomic mass is 16.6. The van der Waals surface area contributed by atoms with Crippen molar-refractivity contribution in [2.75, 3.05) is 13.2 Å². The van der Waals surface area contributed by atoms with Crippen molar-refractivity contribution in [1.82, 2.24) is 5.32 Å². The lowest BCUT2D eigenvalue weighted by Gasteiger charge is -2.24. The summed E-state index contributed by atoms with van der Waals surface area (Å²) in [5.41, 5.74) is -0.0187. The topological polar surface area (TPSA) is 125 Å². The van der Waals surface area contributed by atoms with Crippen molar-refractivity contribution in [2.24, 2.45) is 5.92 Å². The smallest absolute Gasteiger partial charge is 0.407 e.